The Morgan fingerprint density at radius 3 is 2.05 bits per heavy atom. The molecule has 21 heteroatoms. The van der Waals surface area contributed by atoms with Crippen LogP contribution in [0.25, 0.3) is 10.9 Å². The van der Waals surface area contributed by atoms with Crippen molar-refractivity contribution < 1.29 is 47.9 Å². The SMILES string of the molecule is CC(=O)NCC(=O)NC1CC(=O)NCCCCC(C(N)=O)NC(=O)[C@H](Cc2c[nH]c3ccccc23)NC(=O)C(C)NC(=O)C(Cc2ccccc2)NC(=O)[C@H](CC(N)=O)NC1=O. The van der Waals surface area contributed by atoms with Crippen molar-refractivity contribution in [1.29, 1.82) is 0 Å². The van der Waals surface area contributed by atoms with E-state index in [0.717, 1.165) is 17.8 Å². The number of aromatic nitrogens is 1. The van der Waals surface area contributed by atoms with Gasteiger partial charge in [-0.3, -0.25) is 47.9 Å². The third kappa shape index (κ3) is 14.7. The van der Waals surface area contributed by atoms with Gasteiger partial charge in [-0.15, -0.1) is 0 Å². The Kier molecular flexibility index (Phi) is 17.5. The molecule has 0 bridgehead atoms. The van der Waals surface area contributed by atoms with E-state index < -0.39 is 115 Å². The van der Waals surface area contributed by atoms with Gasteiger partial charge in [0.05, 0.1) is 19.4 Å². The molecule has 1 saturated heterocycles. The van der Waals surface area contributed by atoms with Crippen LogP contribution >= 0.6 is 0 Å². The van der Waals surface area contributed by atoms with Gasteiger partial charge in [-0.25, -0.2) is 0 Å². The van der Waals surface area contributed by atoms with Crippen LogP contribution in [0.5, 0.6) is 0 Å². The Morgan fingerprint density at radius 1 is 0.726 bits per heavy atom. The lowest BCUT2D eigenvalue weighted by Gasteiger charge is -2.26. The first kappa shape index (κ1) is 47.4. The number of primary amides is 2. The Morgan fingerprint density at radius 2 is 1.35 bits per heavy atom. The van der Waals surface area contributed by atoms with Crippen LogP contribution in [0.3, 0.4) is 0 Å². The molecule has 6 atom stereocenters. The number of carbonyl (C=O) groups is 10. The fourth-order valence-corrected chi connectivity index (χ4v) is 6.60. The van der Waals surface area contributed by atoms with Crippen LogP contribution in [-0.4, -0.2) is 113 Å². The van der Waals surface area contributed by atoms with Crippen molar-refractivity contribution in [3.63, 3.8) is 0 Å². The normalized spacial score (nSPS) is 22.7. The summed E-state index contributed by atoms with van der Waals surface area (Å²) in [6, 6.07) is 7.24. The Labute approximate surface area is 356 Å². The predicted octanol–water partition coefficient (Wildman–Crippen LogP) is -2.93. The quantitative estimate of drug-likeness (QED) is 0.0986. The van der Waals surface area contributed by atoms with Crippen molar-refractivity contribution >= 4 is 70.0 Å². The lowest BCUT2D eigenvalue weighted by Crippen LogP contribution is -2.60. The van der Waals surface area contributed by atoms with E-state index in [1.54, 1.807) is 36.5 Å². The minimum Gasteiger partial charge on any atom is -0.370 e. The standard InChI is InChI=1S/C41H53N11O10/c1-22-37(58)50-30(17-25-20-46-27-13-7-6-12-26(25)27)39(60)49-28(36(43)57)14-8-9-15-44-34(55)19-32(48-35(56)21-45-23(2)53)41(62)52-31(18-33(42)54)40(61)51-29(38(59)47-22)16-24-10-4-3-5-11-24/h3-7,10-13,20,22,28-32,46H,8-9,14-19,21H2,1-2H3,(H2,42,54)(H2,43,57)(H,44,55)(H,45,53)(H,47,59)(H,48,56)(H,49,60)(H,50,58)(H,51,61)(H,52,62)/t22?,28?,29?,30-,31-,32?/m0/s1. The molecule has 4 unspecified atom stereocenters. The number of nitrogens with two attached hydrogens (primary N) is 2. The van der Waals surface area contributed by atoms with Gasteiger partial charge in [0, 0.05) is 43.4 Å². The first-order valence-corrected chi connectivity index (χ1v) is 20.0. The summed E-state index contributed by atoms with van der Waals surface area (Å²) in [4.78, 5) is 134. The van der Waals surface area contributed by atoms with Crippen molar-refractivity contribution in [1.82, 2.24) is 47.5 Å². The van der Waals surface area contributed by atoms with Gasteiger partial charge >= 0.3 is 0 Å². The number of nitrogens with one attached hydrogen (secondary N) is 9. The van der Waals surface area contributed by atoms with Crippen LogP contribution in [-0.2, 0) is 60.8 Å². The van der Waals surface area contributed by atoms with Crippen molar-refractivity contribution in [2.45, 2.75) is 95.0 Å². The molecule has 21 nitrogen and oxygen atoms in total. The molecule has 1 aliphatic rings. The van der Waals surface area contributed by atoms with E-state index in [4.69, 9.17) is 11.5 Å². The molecule has 62 heavy (non-hydrogen) atoms. The zero-order chi connectivity index (χ0) is 45.3. The van der Waals surface area contributed by atoms with Gasteiger partial charge in [-0.1, -0.05) is 48.5 Å². The molecular formula is C41H53N11O10. The largest absolute Gasteiger partial charge is 0.370 e. The van der Waals surface area contributed by atoms with E-state index in [9.17, 15) is 47.9 Å². The summed E-state index contributed by atoms with van der Waals surface area (Å²) < 4.78 is 0. The van der Waals surface area contributed by atoms with Crippen LogP contribution in [0.15, 0.2) is 60.8 Å². The molecule has 0 spiro atoms. The maximum atomic E-state index is 13.9. The number of carbonyl (C=O) groups excluding carboxylic acids is 10. The number of rotatable bonds is 10. The molecule has 1 aliphatic heterocycles. The molecule has 13 N–H and O–H groups in total. The summed E-state index contributed by atoms with van der Waals surface area (Å²) in [7, 11) is 0. The molecule has 0 radical (unpaired) electrons. The number of hydrogen-bond acceptors (Lipinski definition) is 10. The number of para-hydroxylation sites is 1. The number of benzene rings is 2. The molecular weight excluding hydrogens is 807 g/mol. The lowest BCUT2D eigenvalue weighted by molar-refractivity contribution is -0.136. The Hall–Kier alpha value is -7.32. The number of H-pyrrole nitrogens is 1. The van der Waals surface area contributed by atoms with E-state index in [0.29, 0.717) is 11.1 Å². The van der Waals surface area contributed by atoms with Crippen LogP contribution in [0, 0.1) is 0 Å². The van der Waals surface area contributed by atoms with Gasteiger partial charge < -0.3 is 59.0 Å². The van der Waals surface area contributed by atoms with Gasteiger partial charge in [0.15, 0.2) is 0 Å². The maximum absolute atomic E-state index is 13.9. The number of aromatic amines is 1. The molecule has 332 valence electrons. The van der Waals surface area contributed by atoms with Crippen molar-refractivity contribution in [2.75, 3.05) is 13.1 Å². The lowest BCUT2D eigenvalue weighted by atomic mass is 10.0. The molecule has 10 amide bonds. The summed E-state index contributed by atoms with van der Waals surface area (Å²) in [5, 5.41) is 20.7. The van der Waals surface area contributed by atoms with Crippen LogP contribution in [0.2, 0.25) is 0 Å². The summed E-state index contributed by atoms with van der Waals surface area (Å²) >= 11 is 0. The molecule has 3 aromatic rings. The topological polar surface area (TPSA) is 335 Å². The van der Waals surface area contributed by atoms with Gasteiger partial charge in [-0.05, 0) is 43.4 Å². The fraction of sp³-hybridized carbons (Fsp3) is 0.415. The summed E-state index contributed by atoms with van der Waals surface area (Å²) in [5.41, 5.74) is 13.1. The first-order valence-electron chi connectivity index (χ1n) is 20.0. The van der Waals surface area contributed by atoms with Crippen LogP contribution in [0.1, 0.15) is 57.1 Å². The first-order chi connectivity index (χ1) is 29.5. The highest BCUT2D eigenvalue weighted by atomic mass is 16.2. The van der Waals surface area contributed by atoms with Gasteiger partial charge in [0.2, 0.25) is 59.1 Å². The molecule has 1 fully saturated rings. The molecule has 2 aromatic carbocycles. The van der Waals surface area contributed by atoms with Crippen LogP contribution in [0.4, 0.5) is 0 Å². The van der Waals surface area contributed by atoms with E-state index in [-0.39, 0.29) is 38.6 Å². The van der Waals surface area contributed by atoms with E-state index in [1.807, 2.05) is 24.3 Å². The Balaban J connectivity index is 1.68. The molecule has 0 saturated carbocycles. The Bertz CT molecular complexity index is 2140. The van der Waals surface area contributed by atoms with Crippen molar-refractivity contribution in [3.8, 4) is 0 Å². The minimum absolute atomic E-state index is 0.0279. The summed E-state index contributed by atoms with van der Waals surface area (Å²) in [6.07, 6.45) is 0.689. The van der Waals surface area contributed by atoms with Crippen molar-refractivity contribution in [2.24, 2.45) is 11.5 Å². The highest BCUT2D eigenvalue weighted by Crippen LogP contribution is 2.19. The highest BCUT2D eigenvalue weighted by Gasteiger charge is 2.34. The second-order valence-electron chi connectivity index (χ2n) is 14.9. The van der Waals surface area contributed by atoms with Crippen molar-refractivity contribution in [3.05, 3.63) is 71.9 Å². The second-order valence-corrected chi connectivity index (χ2v) is 14.9. The fourth-order valence-electron chi connectivity index (χ4n) is 6.60. The predicted molar refractivity (Wildman–Crippen MR) is 223 cm³/mol. The monoisotopic (exact) mass is 859 g/mol. The third-order valence-corrected chi connectivity index (χ3v) is 9.88. The summed E-state index contributed by atoms with van der Waals surface area (Å²) in [5.74, 6) is -8.52. The summed E-state index contributed by atoms with van der Waals surface area (Å²) in [6.45, 7) is 1.99. The average molecular weight is 860 g/mol. The van der Waals surface area contributed by atoms with E-state index in [2.05, 4.69) is 47.5 Å². The van der Waals surface area contributed by atoms with Gasteiger partial charge in [0.1, 0.15) is 36.3 Å². The smallest absolute Gasteiger partial charge is 0.243 e. The zero-order valence-corrected chi connectivity index (χ0v) is 34.3. The highest BCUT2D eigenvalue weighted by molar-refractivity contribution is 5.99. The van der Waals surface area contributed by atoms with Crippen LogP contribution < -0.4 is 54.0 Å². The zero-order valence-electron chi connectivity index (χ0n) is 34.3. The van der Waals surface area contributed by atoms with E-state index >= 15 is 0 Å². The van der Waals surface area contributed by atoms with E-state index in [1.165, 1.54) is 6.92 Å². The third-order valence-electron chi connectivity index (χ3n) is 9.88. The number of fused-ring (bicyclic) bond motifs is 1. The molecule has 1 aromatic heterocycles. The number of amides is 10. The second kappa shape index (κ2) is 22.9. The molecule has 4 rings (SSSR count). The van der Waals surface area contributed by atoms with Gasteiger partial charge in [0.25, 0.3) is 0 Å². The molecule has 2 heterocycles. The minimum atomic E-state index is -1.71. The average Bonchev–Trinajstić information content (AvgIpc) is 3.63. The maximum Gasteiger partial charge on any atom is 0.243 e. The van der Waals surface area contributed by atoms with Gasteiger partial charge in [-0.2, -0.15) is 0 Å². The molecule has 0 aliphatic carbocycles. The number of hydrogen-bond donors (Lipinski definition) is 11.